The van der Waals surface area contributed by atoms with Crippen molar-refractivity contribution >= 4 is 57.8 Å². The fraction of sp³-hybridized carbons (Fsp3) is 0. The van der Waals surface area contributed by atoms with Gasteiger partial charge in [0.1, 0.15) is 11.6 Å². The highest BCUT2D eigenvalue weighted by atomic mass is 32.2. The van der Waals surface area contributed by atoms with Crippen LogP contribution >= 0.6 is 23.5 Å². The van der Waals surface area contributed by atoms with Crippen LogP contribution in [0.1, 0.15) is 5.56 Å². The standard InChI is InChI=1S/C15H9N3O5S2/c16-12-9(24-14(21)17-12)5-7-2-1-3-8(4-7)23-11(19)6-10-13(20)18-15(22)25-10/h1-6H,(H2,16,17,21)(H,18,20,22)/b9-5-,10-6+. The van der Waals surface area contributed by atoms with Crippen LogP contribution < -0.4 is 15.8 Å². The molecule has 1 saturated heterocycles. The van der Waals surface area contributed by atoms with Crippen molar-refractivity contribution in [3.63, 3.8) is 0 Å². The van der Waals surface area contributed by atoms with Crippen molar-refractivity contribution in [3.8, 4) is 5.75 Å². The van der Waals surface area contributed by atoms with E-state index in [0.29, 0.717) is 22.2 Å². The van der Waals surface area contributed by atoms with Gasteiger partial charge in [0.15, 0.2) is 0 Å². The van der Waals surface area contributed by atoms with Gasteiger partial charge in [-0.2, -0.15) is 4.99 Å². The molecule has 2 aliphatic rings. The summed E-state index contributed by atoms with van der Waals surface area (Å²) in [5, 5.41) is 1.11. The Morgan fingerprint density at radius 1 is 1.20 bits per heavy atom. The number of hydrogen-bond donors (Lipinski definition) is 2. The van der Waals surface area contributed by atoms with Crippen molar-refractivity contribution in [2.45, 2.75) is 0 Å². The number of nitrogens with zero attached hydrogens (tertiary/aromatic N) is 1. The quantitative estimate of drug-likeness (QED) is 0.466. The summed E-state index contributed by atoms with van der Waals surface area (Å²) < 4.78 is 5.13. The SMILES string of the molecule is NC1=NC(=O)S/C1=C\c1cccc(OC(=O)/C=C2/SC(=O)NC2=O)c1. The predicted octanol–water partition coefficient (Wildman–Crippen LogP) is 2.02. The number of imide groups is 1. The van der Waals surface area contributed by atoms with Gasteiger partial charge in [-0.25, -0.2) is 4.79 Å². The van der Waals surface area contributed by atoms with Crippen molar-refractivity contribution in [1.29, 1.82) is 0 Å². The van der Waals surface area contributed by atoms with E-state index in [1.807, 2.05) is 5.32 Å². The van der Waals surface area contributed by atoms with Gasteiger partial charge in [-0.15, -0.1) is 0 Å². The number of benzene rings is 1. The molecular weight excluding hydrogens is 366 g/mol. The summed E-state index contributed by atoms with van der Waals surface area (Å²) in [6.07, 6.45) is 2.59. The predicted molar refractivity (Wildman–Crippen MR) is 93.9 cm³/mol. The van der Waals surface area contributed by atoms with E-state index in [-0.39, 0.29) is 21.7 Å². The Morgan fingerprint density at radius 2 is 2.00 bits per heavy atom. The normalized spacial score (nSPS) is 20.2. The molecular formula is C15H9N3O5S2. The lowest BCUT2D eigenvalue weighted by atomic mass is 10.2. The fourth-order valence-electron chi connectivity index (χ4n) is 1.92. The molecule has 1 aromatic rings. The van der Waals surface area contributed by atoms with Gasteiger partial charge in [0.05, 0.1) is 9.81 Å². The Hall–Kier alpha value is -2.85. The zero-order chi connectivity index (χ0) is 18.0. The Bertz CT molecular complexity index is 904. The van der Waals surface area contributed by atoms with Crippen molar-refractivity contribution in [3.05, 3.63) is 45.7 Å². The summed E-state index contributed by atoms with van der Waals surface area (Å²) >= 11 is 1.53. The Morgan fingerprint density at radius 3 is 2.64 bits per heavy atom. The van der Waals surface area contributed by atoms with Crippen LogP contribution in [0, 0.1) is 0 Å². The Labute approximate surface area is 149 Å². The number of nitrogens with two attached hydrogens (primary N) is 1. The van der Waals surface area contributed by atoms with E-state index in [1.54, 1.807) is 30.3 Å². The van der Waals surface area contributed by atoms with Crippen molar-refractivity contribution in [2.75, 3.05) is 0 Å². The molecule has 0 unspecified atom stereocenters. The number of aliphatic imine (C=N–C) groups is 1. The lowest BCUT2D eigenvalue weighted by Gasteiger charge is -2.03. The van der Waals surface area contributed by atoms with E-state index >= 15 is 0 Å². The van der Waals surface area contributed by atoms with E-state index in [9.17, 15) is 19.2 Å². The first-order chi connectivity index (χ1) is 11.9. The molecule has 10 heteroatoms. The van der Waals surface area contributed by atoms with E-state index in [0.717, 1.165) is 17.8 Å². The van der Waals surface area contributed by atoms with Gasteiger partial charge >= 0.3 is 11.2 Å². The van der Waals surface area contributed by atoms with Crippen molar-refractivity contribution in [2.24, 2.45) is 10.7 Å². The highest BCUT2D eigenvalue weighted by Crippen LogP contribution is 2.28. The van der Waals surface area contributed by atoms with Gasteiger partial charge in [0.25, 0.3) is 11.1 Å². The van der Waals surface area contributed by atoms with E-state index in [2.05, 4.69) is 4.99 Å². The highest BCUT2D eigenvalue weighted by molar-refractivity contribution is 8.18. The smallest absolute Gasteiger partial charge is 0.337 e. The first-order valence-corrected chi connectivity index (χ1v) is 8.39. The molecule has 1 fully saturated rings. The lowest BCUT2D eigenvalue weighted by Crippen LogP contribution is -2.18. The number of hydrogen-bond acceptors (Lipinski definition) is 8. The third-order valence-corrected chi connectivity index (χ3v) is 4.55. The molecule has 25 heavy (non-hydrogen) atoms. The Kier molecular flexibility index (Phi) is 4.72. The summed E-state index contributed by atoms with van der Waals surface area (Å²) in [5.74, 6) is -1.06. The van der Waals surface area contributed by atoms with Crippen LogP contribution in [0.15, 0.2) is 45.1 Å². The highest BCUT2D eigenvalue weighted by Gasteiger charge is 2.26. The number of carbonyl (C=O) groups is 4. The van der Waals surface area contributed by atoms with Crippen LogP contribution in [-0.2, 0) is 9.59 Å². The average molecular weight is 375 g/mol. The number of esters is 1. The fourth-order valence-corrected chi connectivity index (χ4v) is 3.24. The van der Waals surface area contributed by atoms with Gasteiger partial charge in [-0.05, 0) is 47.3 Å². The van der Waals surface area contributed by atoms with Crippen molar-refractivity contribution in [1.82, 2.24) is 5.32 Å². The number of thioether (sulfide) groups is 2. The minimum absolute atomic E-state index is 0.0295. The molecule has 0 bridgehead atoms. The molecule has 0 atom stereocenters. The van der Waals surface area contributed by atoms with Gasteiger partial charge < -0.3 is 10.5 Å². The molecule has 0 aliphatic carbocycles. The molecule has 0 aromatic heterocycles. The molecule has 2 aliphatic heterocycles. The number of carbonyl (C=O) groups excluding carboxylic acids is 4. The largest absolute Gasteiger partial charge is 0.423 e. The molecule has 8 nitrogen and oxygen atoms in total. The molecule has 3 N–H and O–H groups in total. The number of amidine groups is 1. The van der Waals surface area contributed by atoms with Crippen LogP contribution in [0.4, 0.5) is 9.59 Å². The number of rotatable bonds is 3. The van der Waals surface area contributed by atoms with Crippen LogP contribution in [0.25, 0.3) is 6.08 Å². The van der Waals surface area contributed by atoms with Gasteiger partial charge in [0, 0.05) is 6.08 Å². The van der Waals surface area contributed by atoms with Crippen LogP contribution in [0.3, 0.4) is 0 Å². The number of ether oxygens (including phenoxy) is 1. The maximum absolute atomic E-state index is 11.9. The monoisotopic (exact) mass is 375 g/mol. The second-order valence-electron chi connectivity index (χ2n) is 4.72. The first kappa shape index (κ1) is 17.0. The maximum atomic E-state index is 11.9. The molecule has 126 valence electrons. The zero-order valence-corrected chi connectivity index (χ0v) is 14.0. The minimum Gasteiger partial charge on any atom is -0.423 e. The summed E-state index contributed by atoms with van der Waals surface area (Å²) in [7, 11) is 0. The molecule has 0 spiro atoms. The lowest BCUT2D eigenvalue weighted by molar-refractivity contribution is -0.129. The van der Waals surface area contributed by atoms with Crippen LogP contribution in [-0.4, -0.2) is 28.2 Å². The summed E-state index contributed by atoms with van der Waals surface area (Å²) in [6, 6.07) is 6.50. The van der Waals surface area contributed by atoms with Crippen molar-refractivity contribution < 1.29 is 23.9 Å². The second-order valence-corrected chi connectivity index (χ2v) is 6.73. The first-order valence-electron chi connectivity index (χ1n) is 6.75. The van der Waals surface area contributed by atoms with Crippen LogP contribution in [0.2, 0.25) is 0 Å². The van der Waals surface area contributed by atoms with E-state index in [1.165, 1.54) is 0 Å². The van der Waals surface area contributed by atoms with E-state index < -0.39 is 17.1 Å². The third-order valence-electron chi connectivity index (χ3n) is 2.93. The average Bonchev–Trinajstić information content (AvgIpc) is 3.00. The molecule has 0 radical (unpaired) electrons. The Balaban J connectivity index is 1.73. The second kappa shape index (κ2) is 6.95. The third kappa shape index (κ3) is 4.17. The summed E-state index contributed by atoms with van der Waals surface area (Å²) in [4.78, 5) is 49.6. The van der Waals surface area contributed by atoms with E-state index in [4.69, 9.17) is 10.5 Å². The maximum Gasteiger partial charge on any atom is 0.337 e. The summed E-state index contributed by atoms with van der Waals surface area (Å²) in [6.45, 7) is 0. The topological polar surface area (TPSA) is 128 Å². The van der Waals surface area contributed by atoms with Gasteiger partial charge in [-0.3, -0.25) is 19.7 Å². The minimum atomic E-state index is -0.788. The number of nitrogens with one attached hydrogen (secondary N) is 1. The zero-order valence-electron chi connectivity index (χ0n) is 12.3. The summed E-state index contributed by atoms with van der Waals surface area (Å²) in [5.41, 5.74) is 6.28. The molecule has 3 rings (SSSR count). The molecule has 3 amide bonds. The van der Waals surface area contributed by atoms with Gasteiger partial charge in [0.2, 0.25) is 0 Å². The number of amides is 3. The molecule has 0 saturated carbocycles. The van der Waals surface area contributed by atoms with Crippen LogP contribution in [0.5, 0.6) is 5.75 Å². The van der Waals surface area contributed by atoms with Gasteiger partial charge in [-0.1, -0.05) is 12.1 Å². The molecule has 1 aromatic carbocycles. The molecule has 2 heterocycles.